The summed E-state index contributed by atoms with van der Waals surface area (Å²) in [6.07, 6.45) is 5.05. The Hall–Kier alpha value is -2.32. The molecule has 0 saturated carbocycles. The number of likely N-dealkylation sites (N-methyl/N-ethyl adjacent to an activating group) is 1. The fraction of sp³-hybridized carbons (Fsp3) is 0.231. The fourth-order valence-electron chi connectivity index (χ4n) is 1.44. The van der Waals surface area contributed by atoms with Crippen LogP contribution in [0.25, 0.3) is 0 Å². The van der Waals surface area contributed by atoms with Crippen LogP contribution < -0.4 is 10.2 Å². The molecular weight excluding hydrogens is 232 g/mol. The summed E-state index contributed by atoms with van der Waals surface area (Å²) in [5, 5.41) is 11.8. The minimum Gasteiger partial charge on any atom is -0.478 e. The lowest BCUT2D eigenvalue weighted by molar-refractivity contribution is -0.117. The maximum atomic E-state index is 11.8. The van der Waals surface area contributed by atoms with E-state index in [9.17, 15) is 9.59 Å². The van der Waals surface area contributed by atoms with E-state index in [1.54, 1.807) is 18.2 Å². The Labute approximate surface area is 105 Å². The Bertz CT molecular complexity index is 491. The van der Waals surface area contributed by atoms with Gasteiger partial charge < -0.3 is 10.0 Å². The number of hydrogen-bond acceptors (Lipinski definition) is 3. The summed E-state index contributed by atoms with van der Waals surface area (Å²) in [5.74, 6) is 1.04. The van der Waals surface area contributed by atoms with Crippen molar-refractivity contribution in [2.75, 3.05) is 25.0 Å². The van der Waals surface area contributed by atoms with Crippen molar-refractivity contribution in [2.45, 2.75) is 0 Å². The Morgan fingerprint density at radius 2 is 2.11 bits per heavy atom. The van der Waals surface area contributed by atoms with E-state index in [-0.39, 0.29) is 18.0 Å². The summed E-state index contributed by atoms with van der Waals surface area (Å²) in [7, 11) is 1.53. The Kier molecular flexibility index (Phi) is 4.90. The topological polar surface area (TPSA) is 69.6 Å². The highest BCUT2D eigenvalue weighted by molar-refractivity contribution is 6.02. The molecule has 0 bridgehead atoms. The number of nitrogens with one attached hydrogen (secondary N) is 1. The van der Waals surface area contributed by atoms with Crippen LogP contribution in [0.3, 0.4) is 0 Å². The molecule has 0 heterocycles. The van der Waals surface area contributed by atoms with Crippen LogP contribution >= 0.6 is 0 Å². The summed E-state index contributed by atoms with van der Waals surface area (Å²) in [4.78, 5) is 24.1. The zero-order valence-electron chi connectivity index (χ0n) is 10.0. The second-order valence-electron chi connectivity index (χ2n) is 3.58. The molecule has 5 nitrogen and oxygen atoms in total. The first kappa shape index (κ1) is 13.7. The monoisotopic (exact) mass is 246 g/mol. The van der Waals surface area contributed by atoms with Gasteiger partial charge in [0, 0.05) is 7.05 Å². The third-order valence-corrected chi connectivity index (χ3v) is 2.37. The molecule has 0 atom stereocenters. The van der Waals surface area contributed by atoms with E-state index in [1.165, 1.54) is 18.0 Å². The molecule has 1 aromatic rings. The molecule has 94 valence electrons. The number of carbonyl (C=O) groups excluding carboxylic acids is 1. The maximum absolute atomic E-state index is 11.8. The summed E-state index contributed by atoms with van der Waals surface area (Å²) >= 11 is 0. The van der Waals surface area contributed by atoms with Crippen LogP contribution in [0.1, 0.15) is 10.4 Å². The number of aromatic carboxylic acids is 1. The molecular formula is C13H14N2O3. The third kappa shape index (κ3) is 3.34. The van der Waals surface area contributed by atoms with Crippen molar-refractivity contribution in [2.24, 2.45) is 0 Å². The van der Waals surface area contributed by atoms with E-state index in [0.29, 0.717) is 12.2 Å². The molecule has 0 saturated heterocycles. The Morgan fingerprint density at radius 3 is 2.72 bits per heavy atom. The molecule has 0 spiro atoms. The maximum Gasteiger partial charge on any atom is 0.337 e. The number of terminal acetylenes is 1. The normalized spacial score (nSPS) is 9.56. The van der Waals surface area contributed by atoms with E-state index < -0.39 is 5.97 Å². The lowest BCUT2D eigenvalue weighted by Crippen LogP contribution is -2.36. The minimum atomic E-state index is -1.07. The van der Waals surface area contributed by atoms with Crippen molar-refractivity contribution in [3.05, 3.63) is 29.8 Å². The van der Waals surface area contributed by atoms with Crippen molar-refractivity contribution in [3.63, 3.8) is 0 Å². The number of hydrogen-bond donors (Lipinski definition) is 2. The minimum absolute atomic E-state index is 0.0641. The molecule has 0 unspecified atom stereocenters. The van der Waals surface area contributed by atoms with Gasteiger partial charge in [-0.3, -0.25) is 10.1 Å². The van der Waals surface area contributed by atoms with Crippen LogP contribution in [0.15, 0.2) is 24.3 Å². The highest BCUT2D eigenvalue weighted by Gasteiger charge is 2.17. The number of benzene rings is 1. The van der Waals surface area contributed by atoms with Gasteiger partial charge in [-0.1, -0.05) is 18.1 Å². The van der Waals surface area contributed by atoms with Gasteiger partial charge in [-0.05, 0) is 12.1 Å². The van der Waals surface area contributed by atoms with Crippen LogP contribution in [-0.2, 0) is 4.79 Å². The summed E-state index contributed by atoms with van der Waals surface area (Å²) < 4.78 is 0. The second-order valence-corrected chi connectivity index (χ2v) is 3.58. The molecule has 0 fully saturated rings. The number of carboxylic acid groups (broad SMARTS) is 1. The number of amides is 1. The van der Waals surface area contributed by atoms with Gasteiger partial charge in [0.15, 0.2) is 0 Å². The number of carboxylic acids is 1. The predicted molar refractivity (Wildman–Crippen MR) is 68.5 cm³/mol. The largest absolute Gasteiger partial charge is 0.478 e. The van der Waals surface area contributed by atoms with E-state index in [4.69, 9.17) is 11.5 Å². The number of nitrogens with zero attached hydrogens (tertiary/aromatic N) is 1. The van der Waals surface area contributed by atoms with Gasteiger partial charge in [0.25, 0.3) is 0 Å². The number of anilines is 1. The second kappa shape index (κ2) is 6.42. The van der Waals surface area contributed by atoms with Crippen LogP contribution in [0, 0.1) is 12.3 Å². The molecule has 1 aromatic carbocycles. The average molecular weight is 246 g/mol. The fourth-order valence-corrected chi connectivity index (χ4v) is 1.44. The third-order valence-electron chi connectivity index (χ3n) is 2.37. The van der Waals surface area contributed by atoms with Gasteiger partial charge in [-0.15, -0.1) is 6.42 Å². The van der Waals surface area contributed by atoms with Crippen molar-refractivity contribution in [1.82, 2.24) is 5.32 Å². The molecule has 0 aliphatic carbocycles. The molecule has 2 N–H and O–H groups in total. The van der Waals surface area contributed by atoms with Gasteiger partial charge in [0.05, 0.1) is 24.3 Å². The molecule has 0 aliphatic heterocycles. The zero-order valence-corrected chi connectivity index (χ0v) is 10.0. The molecule has 0 aromatic heterocycles. The van der Waals surface area contributed by atoms with Gasteiger partial charge in [0.1, 0.15) is 0 Å². The lowest BCUT2D eigenvalue weighted by atomic mass is 10.1. The molecule has 1 rings (SSSR count). The van der Waals surface area contributed by atoms with Crippen LogP contribution in [0.4, 0.5) is 5.69 Å². The van der Waals surface area contributed by atoms with Crippen molar-refractivity contribution in [3.8, 4) is 12.3 Å². The molecule has 0 aliphatic rings. The highest BCUT2D eigenvalue weighted by atomic mass is 16.4. The first-order chi connectivity index (χ1) is 8.57. The predicted octanol–water partition coefficient (Wildman–Crippen LogP) is 0.570. The molecule has 1 amide bonds. The van der Waals surface area contributed by atoms with E-state index in [2.05, 4.69) is 11.2 Å². The van der Waals surface area contributed by atoms with Crippen molar-refractivity contribution >= 4 is 17.6 Å². The Morgan fingerprint density at radius 1 is 1.44 bits per heavy atom. The smallest absolute Gasteiger partial charge is 0.337 e. The van der Waals surface area contributed by atoms with Crippen LogP contribution in [0.5, 0.6) is 0 Å². The summed E-state index contributed by atoms with van der Waals surface area (Å²) in [6, 6.07) is 6.33. The lowest BCUT2D eigenvalue weighted by Gasteiger charge is -2.19. The van der Waals surface area contributed by atoms with E-state index in [0.717, 1.165) is 0 Å². The van der Waals surface area contributed by atoms with Crippen molar-refractivity contribution < 1.29 is 14.7 Å². The summed E-state index contributed by atoms with van der Waals surface area (Å²) in [6.45, 7) is 0.356. The number of carbonyl (C=O) groups is 2. The van der Waals surface area contributed by atoms with Crippen LogP contribution in [0.2, 0.25) is 0 Å². The van der Waals surface area contributed by atoms with Gasteiger partial charge in [0.2, 0.25) is 5.91 Å². The van der Waals surface area contributed by atoms with Crippen LogP contribution in [-0.4, -0.2) is 37.1 Å². The molecule has 5 heteroatoms. The van der Waals surface area contributed by atoms with E-state index in [1.807, 2.05) is 0 Å². The number of rotatable bonds is 5. The summed E-state index contributed by atoms with van der Waals surface area (Å²) in [5.41, 5.74) is 0.447. The standard InChI is InChI=1S/C13H14N2O3/c1-3-8-14-9-12(16)15(2)11-7-5-4-6-10(11)13(17)18/h1,4-7,14H,8-9H2,2H3,(H,17,18). The highest BCUT2D eigenvalue weighted by Crippen LogP contribution is 2.18. The van der Waals surface area contributed by atoms with Gasteiger partial charge >= 0.3 is 5.97 Å². The first-order valence-electron chi connectivity index (χ1n) is 5.31. The molecule has 0 radical (unpaired) electrons. The zero-order chi connectivity index (χ0) is 13.5. The first-order valence-corrected chi connectivity index (χ1v) is 5.31. The number of para-hydroxylation sites is 1. The Balaban J connectivity index is 2.84. The molecule has 18 heavy (non-hydrogen) atoms. The van der Waals surface area contributed by atoms with Gasteiger partial charge in [-0.2, -0.15) is 0 Å². The quantitative estimate of drug-likeness (QED) is 0.588. The SMILES string of the molecule is C#CCNCC(=O)N(C)c1ccccc1C(=O)O. The average Bonchev–Trinajstić information content (AvgIpc) is 2.38. The van der Waals surface area contributed by atoms with Crippen molar-refractivity contribution in [1.29, 1.82) is 0 Å². The van der Waals surface area contributed by atoms with E-state index >= 15 is 0 Å². The van der Waals surface area contributed by atoms with Gasteiger partial charge in [-0.25, -0.2) is 4.79 Å².